The van der Waals surface area contributed by atoms with Gasteiger partial charge in [0.2, 0.25) is 0 Å². The zero-order valence-corrected chi connectivity index (χ0v) is 11.1. The fourth-order valence-electron chi connectivity index (χ4n) is 2.16. The molecule has 1 rings (SSSR count). The molecule has 0 spiro atoms. The van der Waals surface area contributed by atoms with E-state index in [0.29, 0.717) is 11.8 Å². The molecule has 1 aromatic carbocycles. The van der Waals surface area contributed by atoms with Crippen LogP contribution < -0.4 is 5.73 Å². The molecular formula is C15H25NO. The number of benzene rings is 1. The topological polar surface area (TPSA) is 46.2 Å². The SMILES string of the molecule is CC(C)CC(N)C(O)CC(C)c1ccccc1. The van der Waals surface area contributed by atoms with Gasteiger partial charge in [-0.15, -0.1) is 0 Å². The Hall–Kier alpha value is -0.860. The molecule has 0 saturated heterocycles. The number of hydrogen-bond acceptors (Lipinski definition) is 2. The largest absolute Gasteiger partial charge is 0.391 e. The van der Waals surface area contributed by atoms with Crippen LogP contribution in [0.2, 0.25) is 0 Å². The number of hydrogen-bond donors (Lipinski definition) is 2. The molecule has 96 valence electrons. The lowest BCUT2D eigenvalue weighted by Crippen LogP contribution is -2.36. The van der Waals surface area contributed by atoms with Crippen LogP contribution in [0.5, 0.6) is 0 Å². The first-order chi connectivity index (χ1) is 8.00. The van der Waals surface area contributed by atoms with Crippen molar-refractivity contribution in [2.75, 3.05) is 0 Å². The monoisotopic (exact) mass is 235 g/mol. The van der Waals surface area contributed by atoms with Crippen LogP contribution in [-0.2, 0) is 0 Å². The predicted molar refractivity (Wildman–Crippen MR) is 72.9 cm³/mol. The molecule has 0 aliphatic carbocycles. The van der Waals surface area contributed by atoms with Gasteiger partial charge in [-0.05, 0) is 30.2 Å². The van der Waals surface area contributed by atoms with E-state index in [4.69, 9.17) is 5.73 Å². The minimum Gasteiger partial charge on any atom is -0.391 e. The second-order valence-electron chi connectivity index (χ2n) is 5.41. The van der Waals surface area contributed by atoms with Crippen LogP contribution in [0.1, 0.15) is 45.1 Å². The summed E-state index contributed by atoms with van der Waals surface area (Å²) in [6.45, 7) is 6.40. The smallest absolute Gasteiger partial charge is 0.0696 e. The first kappa shape index (κ1) is 14.2. The molecule has 0 aliphatic heterocycles. The lowest BCUT2D eigenvalue weighted by molar-refractivity contribution is 0.119. The predicted octanol–water partition coefficient (Wildman–Crippen LogP) is 2.91. The van der Waals surface area contributed by atoms with E-state index in [-0.39, 0.29) is 6.04 Å². The third-order valence-corrected chi connectivity index (χ3v) is 3.20. The van der Waals surface area contributed by atoms with Crippen molar-refractivity contribution in [1.82, 2.24) is 0 Å². The van der Waals surface area contributed by atoms with Crippen molar-refractivity contribution in [2.24, 2.45) is 11.7 Å². The molecule has 0 amide bonds. The lowest BCUT2D eigenvalue weighted by Gasteiger charge is -2.23. The second-order valence-corrected chi connectivity index (χ2v) is 5.41. The van der Waals surface area contributed by atoms with Gasteiger partial charge in [-0.2, -0.15) is 0 Å². The highest BCUT2D eigenvalue weighted by atomic mass is 16.3. The summed E-state index contributed by atoms with van der Waals surface area (Å²) in [6.07, 6.45) is 1.20. The van der Waals surface area contributed by atoms with Crippen molar-refractivity contribution in [1.29, 1.82) is 0 Å². The average Bonchev–Trinajstić information content (AvgIpc) is 2.29. The molecular weight excluding hydrogens is 210 g/mol. The molecule has 2 nitrogen and oxygen atoms in total. The minimum atomic E-state index is -0.410. The Labute approximate surface area is 105 Å². The zero-order chi connectivity index (χ0) is 12.8. The summed E-state index contributed by atoms with van der Waals surface area (Å²) in [6, 6.07) is 10.2. The number of nitrogens with two attached hydrogens (primary N) is 1. The molecule has 0 radical (unpaired) electrons. The van der Waals surface area contributed by atoms with E-state index in [1.165, 1.54) is 5.56 Å². The summed E-state index contributed by atoms with van der Waals surface area (Å²) in [4.78, 5) is 0. The Balaban J connectivity index is 2.48. The fourth-order valence-corrected chi connectivity index (χ4v) is 2.16. The molecule has 2 heteroatoms. The van der Waals surface area contributed by atoms with Crippen molar-refractivity contribution >= 4 is 0 Å². The summed E-state index contributed by atoms with van der Waals surface area (Å²) < 4.78 is 0. The lowest BCUT2D eigenvalue weighted by atomic mass is 9.90. The van der Waals surface area contributed by atoms with Crippen molar-refractivity contribution in [3.8, 4) is 0 Å². The van der Waals surface area contributed by atoms with E-state index < -0.39 is 6.10 Å². The van der Waals surface area contributed by atoms with Crippen molar-refractivity contribution in [2.45, 2.75) is 51.7 Å². The van der Waals surface area contributed by atoms with Crippen LogP contribution in [0.3, 0.4) is 0 Å². The Bertz CT molecular complexity index is 310. The number of aliphatic hydroxyl groups is 1. The molecule has 0 heterocycles. The Kier molecular flexibility index (Phi) is 5.66. The molecule has 3 N–H and O–H groups in total. The van der Waals surface area contributed by atoms with E-state index in [1.807, 2.05) is 18.2 Å². The van der Waals surface area contributed by atoms with Gasteiger partial charge in [0, 0.05) is 6.04 Å². The molecule has 3 unspecified atom stereocenters. The molecule has 0 aliphatic rings. The van der Waals surface area contributed by atoms with Gasteiger partial charge in [0.15, 0.2) is 0 Å². The van der Waals surface area contributed by atoms with Crippen LogP contribution in [0.25, 0.3) is 0 Å². The molecule has 0 aromatic heterocycles. The third-order valence-electron chi connectivity index (χ3n) is 3.20. The molecule has 3 atom stereocenters. The first-order valence-corrected chi connectivity index (χ1v) is 6.49. The van der Waals surface area contributed by atoms with Gasteiger partial charge in [0.05, 0.1) is 6.10 Å². The van der Waals surface area contributed by atoms with E-state index >= 15 is 0 Å². The highest BCUT2D eigenvalue weighted by molar-refractivity contribution is 5.18. The van der Waals surface area contributed by atoms with E-state index in [0.717, 1.165) is 12.8 Å². The zero-order valence-electron chi connectivity index (χ0n) is 11.1. The summed E-state index contributed by atoms with van der Waals surface area (Å²) >= 11 is 0. The average molecular weight is 235 g/mol. The molecule has 0 saturated carbocycles. The summed E-state index contributed by atoms with van der Waals surface area (Å²) in [5, 5.41) is 10.1. The Morgan fingerprint density at radius 1 is 1.06 bits per heavy atom. The van der Waals surface area contributed by atoms with Crippen LogP contribution in [0, 0.1) is 5.92 Å². The molecule has 0 bridgehead atoms. The van der Waals surface area contributed by atoms with Gasteiger partial charge in [-0.3, -0.25) is 0 Å². The Morgan fingerprint density at radius 3 is 2.18 bits per heavy atom. The van der Waals surface area contributed by atoms with Crippen LogP contribution in [-0.4, -0.2) is 17.3 Å². The van der Waals surface area contributed by atoms with Crippen LogP contribution >= 0.6 is 0 Å². The highest BCUT2D eigenvalue weighted by Gasteiger charge is 2.19. The summed E-state index contributed by atoms with van der Waals surface area (Å²) in [7, 11) is 0. The maximum atomic E-state index is 10.1. The van der Waals surface area contributed by atoms with Crippen LogP contribution in [0.15, 0.2) is 30.3 Å². The normalized spacial score (nSPS) is 16.8. The molecule has 0 fully saturated rings. The minimum absolute atomic E-state index is 0.110. The van der Waals surface area contributed by atoms with Gasteiger partial charge in [0.25, 0.3) is 0 Å². The van der Waals surface area contributed by atoms with E-state index in [9.17, 15) is 5.11 Å². The number of rotatable bonds is 6. The van der Waals surface area contributed by atoms with Gasteiger partial charge in [0.1, 0.15) is 0 Å². The maximum Gasteiger partial charge on any atom is 0.0696 e. The first-order valence-electron chi connectivity index (χ1n) is 6.49. The van der Waals surface area contributed by atoms with Gasteiger partial charge < -0.3 is 10.8 Å². The summed E-state index contributed by atoms with van der Waals surface area (Å²) in [5.41, 5.74) is 7.26. The van der Waals surface area contributed by atoms with E-state index in [2.05, 4.69) is 32.9 Å². The van der Waals surface area contributed by atoms with Crippen molar-refractivity contribution in [3.05, 3.63) is 35.9 Å². The number of aliphatic hydroxyl groups excluding tert-OH is 1. The van der Waals surface area contributed by atoms with E-state index in [1.54, 1.807) is 0 Å². The molecule has 17 heavy (non-hydrogen) atoms. The quantitative estimate of drug-likeness (QED) is 0.796. The maximum absolute atomic E-state index is 10.1. The highest BCUT2D eigenvalue weighted by Crippen LogP contribution is 2.22. The van der Waals surface area contributed by atoms with Gasteiger partial charge in [-0.25, -0.2) is 0 Å². The Morgan fingerprint density at radius 2 is 1.65 bits per heavy atom. The van der Waals surface area contributed by atoms with Gasteiger partial charge in [-0.1, -0.05) is 51.1 Å². The van der Waals surface area contributed by atoms with Crippen molar-refractivity contribution < 1.29 is 5.11 Å². The molecule has 1 aromatic rings. The standard InChI is InChI=1S/C15H25NO/c1-11(2)9-14(16)15(17)10-12(3)13-7-5-4-6-8-13/h4-8,11-12,14-15,17H,9-10,16H2,1-3H3. The second kappa shape index (κ2) is 6.77. The fraction of sp³-hybridized carbons (Fsp3) is 0.600. The van der Waals surface area contributed by atoms with Gasteiger partial charge >= 0.3 is 0 Å². The van der Waals surface area contributed by atoms with Crippen molar-refractivity contribution in [3.63, 3.8) is 0 Å². The summed E-state index contributed by atoms with van der Waals surface area (Å²) in [5.74, 6) is 0.885. The third kappa shape index (κ3) is 4.88. The van der Waals surface area contributed by atoms with Crippen LogP contribution in [0.4, 0.5) is 0 Å².